The largest absolute Gasteiger partial charge is 0.485 e. The lowest BCUT2D eigenvalue weighted by Gasteiger charge is -2.26. The summed E-state index contributed by atoms with van der Waals surface area (Å²) in [5.74, 6) is 1.61. The van der Waals surface area contributed by atoms with Gasteiger partial charge in [0.15, 0.2) is 5.76 Å². The average Bonchev–Trinajstić information content (AvgIpc) is 3.11. The Labute approximate surface area is 154 Å². The van der Waals surface area contributed by atoms with Crippen LogP contribution in [-0.4, -0.2) is 50.2 Å². The summed E-state index contributed by atoms with van der Waals surface area (Å²) in [6.45, 7) is 9.08. The van der Waals surface area contributed by atoms with Gasteiger partial charge in [0, 0.05) is 26.2 Å². The van der Waals surface area contributed by atoms with Gasteiger partial charge in [0.1, 0.15) is 18.1 Å². The molecule has 6 nitrogen and oxygen atoms in total. The summed E-state index contributed by atoms with van der Waals surface area (Å²) in [5, 5.41) is 2.90. The molecule has 2 heterocycles. The van der Waals surface area contributed by atoms with E-state index in [4.69, 9.17) is 13.9 Å². The molecule has 1 N–H and O–H groups in total. The zero-order valence-electron chi connectivity index (χ0n) is 15.4. The number of rotatable bonds is 7. The molecule has 0 unspecified atom stereocenters. The number of morpholine rings is 1. The molecule has 0 saturated carbocycles. The lowest BCUT2D eigenvalue weighted by atomic mass is 10.1. The van der Waals surface area contributed by atoms with Gasteiger partial charge >= 0.3 is 0 Å². The van der Waals surface area contributed by atoms with Crippen LogP contribution in [0.2, 0.25) is 0 Å². The molecular formula is C20H26N2O4. The highest BCUT2D eigenvalue weighted by Gasteiger charge is 2.14. The Hall–Kier alpha value is -2.31. The van der Waals surface area contributed by atoms with Gasteiger partial charge in [-0.1, -0.05) is 18.2 Å². The number of amides is 1. The van der Waals surface area contributed by atoms with Crippen molar-refractivity contribution >= 4 is 5.91 Å². The summed E-state index contributed by atoms with van der Waals surface area (Å²) >= 11 is 0. The zero-order chi connectivity index (χ0) is 18.4. The quantitative estimate of drug-likeness (QED) is 0.824. The summed E-state index contributed by atoms with van der Waals surface area (Å²) in [6.07, 6.45) is 0. The molecule has 2 aromatic rings. The molecule has 1 fully saturated rings. The minimum absolute atomic E-state index is 0.198. The third kappa shape index (κ3) is 4.86. The van der Waals surface area contributed by atoms with Crippen LogP contribution >= 0.6 is 0 Å². The lowest BCUT2D eigenvalue weighted by Crippen LogP contribution is -2.41. The van der Waals surface area contributed by atoms with E-state index in [0.717, 1.165) is 49.7 Å². The molecule has 140 valence electrons. The number of aryl methyl sites for hydroxylation is 2. The van der Waals surface area contributed by atoms with E-state index in [1.807, 2.05) is 32.0 Å². The third-order valence-electron chi connectivity index (χ3n) is 4.47. The van der Waals surface area contributed by atoms with Crippen LogP contribution in [0.1, 0.15) is 27.4 Å². The van der Waals surface area contributed by atoms with Gasteiger partial charge in [0.25, 0.3) is 5.91 Å². The second-order valence-corrected chi connectivity index (χ2v) is 6.49. The minimum atomic E-state index is -0.198. The first-order chi connectivity index (χ1) is 12.6. The topological polar surface area (TPSA) is 63.9 Å². The molecule has 1 aromatic carbocycles. The van der Waals surface area contributed by atoms with Crippen molar-refractivity contribution in [2.75, 3.05) is 39.4 Å². The number of hydrogen-bond donors (Lipinski definition) is 1. The van der Waals surface area contributed by atoms with E-state index in [1.54, 1.807) is 12.1 Å². The number of para-hydroxylation sites is 1. The van der Waals surface area contributed by atoms with Gasteiger partial charge in [0.2, 0.25) is 0 Å². The first kappa shape index (κ1) is 18.5. The smallest absolute Gasteiger partial charge is 0.287 e. The van der Waals surface area contributed by atoms with E-state index >= 15 is 0 Å². The Kier molecular flexibility index (Phi) is 6.30. The Balaban J connectivity index is 1.47. The van der Waals surface area contributed by atoms with Crippen molar-refractivity contribution in [2.24, 2.45) is 0 Å². The van der Waals surface area contributed by atoms with Gasteiger partial charge in [-0.2, -0.15) is 0 Å². The highest BCUT2D eigenvalue weighted by Crippen LogP contribution is 2.23. The number of furan rings is 1. The van der Waals surface area contributed by atoms with Crippen LogP contribution in [-0.2, 0) is 11.3 Å². The molecule has 0 aliphatic carbocycles. The molecular weight excluding hydrogens is 332 g/mol. The highest BCUT2D eigenvalue weighted by atomic mass is 16.5. The summed E-state index contributed by atoms with van der Waals surface area (Å²) in [6, 6.07) is 9.50. The second kappa shape index (κ2) is 8.87. The predicted molar refractivity (Wildman–Crippen MR) is 98.5 cm³/mol. The Morgan fingerprint density at radius 1 is 1.15 bits per heavy atom. The molecule has 0 bridgehead atoms. The molecule has 3 rings (SSSR count). The summed E-state index contributed by atoms with van der Waals surface area (Å²) in [5.41, 5.74) is 2.16. The van der Waals surface area contributed by atoms with Crippen LogP contribution in [0.15, 0.2) is 34.7 Å². The van der Waals surface area contributed by atoms with E-state index in [1.165, 1.54) is 0 Å². The number of hydrogen-bond acceptors (Lipinski definition) is 5. The maximum Gasteiger partial charge on any atom is 0.287 e. The van der Waals surface area contributed by atoms with Gasteiger partial charge < -0.3 is 19.2 Å². The van der Waals surface area contributed by atoms with Crippen LogP contribution in [0.4, 0.5) is 0 Å². The van der Waals surface area contributed by atoms with Crippen molar-refractivity contribution in [3.8, 4) is 5.75 Å². The van der Waals surface area contributed by atoms with Crippen molar-refractivity contribution in [1.82, 2.24) is 10.2 Å². The van der Waals surface area contributed by atoms with E-state index in [9.17, 15) is 4.79 Å². The van der Waals surface area contributed by atoms with Crippen LogP contribution in [0.3, 0.4) is 0 Å². The molecule has 0 atom stereocenters. The second-order valence-electron chi connectivity index (χ2n) is 6.49. The molecule has 0 radical (unpaired) electrons. The molecule has 1 amide bonds. The molecule has 26 heavy (non-hydrogen) atoms. The number of benzene rings is 1. The fourth-order valence-corrected chi connectivity index (χ4v) is 2.99. The molecule has 1 saturated heterocycles. The predicted octanol–water partition coefficient (Wildman–Crippen LogP) is 2.54. The molecule has 0 spiro atoms. The first-order valence-corrected chi connectivity index (χ1v) is 8.99. The zero-order valence-corrected chi connectivity index (χ0v) is 15.4. The fourth-order valence-electron chi connectivity index (χ4n) is 2.99. The van der Waals surface area contributed by atoms with E-state index < -0.39 is 0 Å². The highest BCUT2D eigenvalue weighted by molar-refractivity contribution is 5.91. The Morgan fingerprint density at radius 3 is 2.62 bits per heavy atom. The summed E-state index contributed by atoms with van der Waals surface area (Å²) in [4.78, 5) is 14.5. The maximum atomic E-state index is 12.2. The number of carbonyl (C=O) groups is 1. The van der Waals surface area contributed by atoms with Gasteiger partial charge in [-0.05, 0) is 37.1 Å². The van der Waals surface area contributed by atoms with Crippen LogP contribution in [0.25, 0.3) is 0 Å². The maximum absolute atomic E-state index is 12.2. The summed E-state index contributed by atoms with van der Waals surface area (Å²) < 4.78 is 16.8. The number of carbonyl (C=O) groups excluding carboxylic acids is 1. The van der Waals surface area contributed by atoms with Crippen molar-refractivity contribution in [2.45, 2.75) is 20.5 Å². The molecule has 6 heteroatoms. The number of nitrogens with one attached hydrogen (secondary N) is 1. The van der Waals surface area contributed by atoms with Crippen molar-refractivity contribution in [3.63, 3.8) is 0 Å². The number of nitrogens with zero attached hydrogens (tertiary/aromatic N) is 1. The van der Waals surface area contributed by atoms with Gasteiger partial charge in [-0.25, -0.2) is 0 Å². The molecule has 1 aromatic heterocycles. The minimum Gasteiger partial charge on any atom is -0.485 e. The van der Waals surface area contributed by atoms with E-state index in [-0.39, 0.29) is 5.91 Å². The van der Waals surface area contributed by atoms with Gasteiger partial charge in [-0.15, -0.1) is 0 Å². The fraction of sp³-hybridized carbons (Fsp3) is 0.450. The first-order valence-electron chi connectivity index (χ1n) is 8.99. The molecule has 1 aliphatic rings. The SMILES string of the molecule is Cc1cccc(C)c1OCc1ccc(C(=O)NCCN2CCOCC2)o1. The Morgan fingerprint density at radius 2 is 1.88 bits per heavy atom. The van der Waals surface area contributed by atoms with Crippen LogP contribution in [0, 0.1) is 13.8 Å². The Bertz CT molecular complexity index is 715. The average molecular weight is 358 g/mol. The van der Waals surface area contributed by atoms with Gasteiger partial charge in [-0.3, -0.25) is 9.69 Å². The standard InChI is InChI=1S/C20H26N2O4/c1-15-4-3-5-16(2)19(15)25-14-17-6-7-18(26-17)20(23)21-8-9-22-10-12-24-13-11-22/h3-7H,8-14H2,1-2H3,(H,21,23). The number of ether oxygens (including phenoxy) is 2. The lowest BCUT2D eigenvalue weighted by molar-refractivity contribution is 0.0382. The molecule has 1 aliphatic heterocycles. The van der Waals surface area contributed by atoms with Crippen molar-refractivity contribution in [3.05, 3.63) is 53.0 Å². The monoisotopic (exact) mass is 358 g/mol. The summed E-state index contributed by atoms with van der Waals surface area (Å²) in [7, 11) is 0. The van der Waals surface area contributed by atoms with Crippen molar-refractivity contribution in [1.29, 1.82) is 0 Å². The van der Waals surface area contributed by atoms with E-state index in [2.05, 4.69) is 10.2 Å². The van der Waals surface area contributed by atoms with Crippen molar-refractivity contribution < 1.29 is 18.7 Å². The van der Waals surface area contributed by atoms with Crippen LogP contribution in [0.5, 0.6) is 5.75 Å². The normalized spacial score (nSPS) is 15.0. The van der Waals surface area contributed by atoms with Gasteiger partial charge in [0.05, 0.1) is 13.2 Å². The van der Waals surface area contributed by atoms with Crippen LogP contribution < -0.4 is 10.1 Å². The third-order valence-corrected chi connectivity index (χ3v) is 4.47. The van der Waals surface area contributed by atoms with E-state index in [0.29, 0.717) is 24.7 Å².